The van der Waals surface area contributed by atoms with E-state index in [1.54, 1.807) is 0 Å². The highest BCUT2D eigenvalue weighted by Crippen LogP contribution is 2.25. The molecule has 0 aromatic heterocycles. The minimum absolute atomic E-state index is 0.344. The van der Waals surface area contributed by atoms with Gasteiger partial charge in [-0.05, 0) is 57.2 Å². The summed E-state index contributed by atoms with van der Waals surface area (Å²) in [7, 11) is 0. The molecule has 23 heavy (non-hydrogen) atoms. The van der Waals surface area contributed by atoms with Crippen molar-refractivity contribution in [2.45, 2.75) is 52.7 Å². The van der Waals surface area contributed by atoms with Gasteiger partial charge >= 0.3 is 0 Å². The Balaban J connectivity index is 1.78. The zero-order chi connectivity index (χ0) is 16.8. The molecule has 1 aromatic rings. The van der Waals surface area contributed by atoms with Gasteiger partial charge in [0.15, 0.2) is 0 Å². The average molecular weight is 321 g/mol. The van der Waals surface area contributed by atoms with Crippen LogP contribution in [0.4, 0.5) is 0 Å². The van der Waals surface area contributed by atoms with Gasteiger partial charge in [-0.2, -0.15) is 0 Å². The summed E-state index contributed by atoms with van der Waals surface area (Å²) < 4.78 is 11.6. The SMILES string of the molecule is CCOC1CCN(CC(O)COc2c(C)ccc(C)c2C)CC1. The van der Waals surface area contributed by atoms with E-state index in [4.69, 9.17) is 9.47 Å². The summed E-state index contributed by atoms with van der Waals surface area (Å²) in [4.78, 5) is 2.31. The number of ether oxygens (including phenoxy) is 2. The van der Waals surface area contributed by atoms with Gasteiger partial charge in [-0.3, -0.25) is 0 Å². The monoisotopic (exact) mass is 321 g/mol. The summed E-state index contributed by atoms with van der Waals surface area (Å²) >= 11 is 0. The van der Waals surface area contributed by atoms with Gasteiger partial charge in [-0.25, -0.2) is 0 Å². The molecule has 1 N–H and O–H groups in total. The number of aliphatic hydroxyl groups is 1. The Morgan fingerprint density at radius 1 is 1.17 bits per heavy atom. The van der Waals surface area contributed by atoms with E-state index in [2.05, 4.69) is 30.9 Å². The Bertz CT molecular complexity index is 496. The first-order valence-corrected chi connectivity index (χ1v) is 8.72. The molecule has 1 atom stereocenters. The van der Waals surface area contributed by atoms with E-state index < -0.39 is 6.10 Å². The molecule has 1 fully saturated rings. The third-order valence-electron chi connectivity index (χ3n) is 4.70. The molecule has 1 aliphatic rings. The lowest BCUT2D eigenvalue weighted by Gasteiger charge is -2.32. The van der Waals surface area contributed by atoms with Gasteiger partial charge < -0.3 is 19.5 Å². The lowest BCUT2D eigenvalue weighted by molar-refractivity contribution is -0.00192. The van der Waals surface area contributed by atoms with Gasteiger partial charge in [0, 0.05) is 26.2 Å². The van der Waals surface area contributed by atoms with Crippen LogP contribution in [0.3, 0.4) is 0 Å². The number of hydrogen-bond acceptors (Lipinski definition) is 4. The minimum Gasteiger partial charge on any atom is -0.490 e. The maximum Gasteiger partial charge on any atom is 0.125 e. The fourth-order valence-electron chi connectivity index (χ4n) is 3.17. The Hall–Kier alpha value is -1.10. The molecule has 4 heteroatoms. The molecule has 1 saturated heterocycles. The van der Waals surface area contributed by atoms with Crippen molar-refractivity contribution in [3.8, 4) is 5.75 Å². The van der Waals surface area contributed by atoms with E-state index in [0.29, 0.717) is 19.3 Å². The van der Waals surface area contributed by atoms with E-state index in [0.717, 1.165) is 49.4 Å². The zero-order valence-electron chi connectivity index (χ0n) is 15.0. The van der Waals surface area contributed by atoms with Gasteiger partial charge in [-0.15, -0.1) is 0 Å². The number of likely N-dealkylation sites (tertiary alicyclic amines) is 1. The van der Waals surface area contributed by atoms with Crippen molar-refractivity contribution >= 4 is 0 Å². The van der Waals surface area contributed by atoms with Crippen molar-refractivity contribution in [1.82, 2.24) is 4.90 Å². The Kier molecular flexibility index (Phi) is 6.88. The van der Waals surface area contributed by atoms with Crippen LogP contribution in [-0.2, 0) is 4.74 Å². The van der Waals surface area contributed by atoms with Crippen LogP contribution in [0.15, 0.2) is 12.1 Å². The van der Waals surface area contributed by atoms with E-state index in [-0.39, 0.29) is 0 Å². The normalized spacial score (nSPS) is 18.1. The molecule has 0 radical (unpaired) electrons. The van der Waals surface area contributed by atoms with Gasteiger partial charge in [-0.1, -0.05) is 12.1 Å². The number of β-amino-alcohol motifs (C(OH)–C–C–N with tert-alkyl or cyclic N) is 1. The van der Waals surface area contributed by atoms with Gasteiger partial charge in [0.05, 0.1) is 6.10 Å². The highest BCUT2D eigenvalue weighted by Gasteiger charge is 2.21. The highest BCUT2D eigenvalue weighted by molar-refractivity contribution is 5.44. The van der Waals surface area contributed by atoms with Crippen LogP contribution in [0.5, 0.6) is 5.75 Å². The molecule has 1 aromatic carbocycles. The molecule has 1 unspecified atom stereocenters. The molecule has 1 aliphatic heterocycles. The van der Waals surface area contributed by atoms with E-state index >= 15 is 0 Å². The summed E-state index contributed by atoms with van der Waals surface area (Å²) in [5, 5.41) is 10.3. The zero-order valence-corrected chi connectivity index (χ0v) is 15.0. The Morgan fingerprint density at radius 2 is 1.83 bits per heavy atom. The number of nitrogens with zero attached hydrogens (tertiary/aromatic N) is 1. The fraction of sp³-hybridized carbons (Fsp3) is 0.684. The molecule has 1 heterocycles. The van der Waals surface area contributed by atoms with Gasteiger partial charge in [0.2, 0.25) is 0 Å². The molecule has 130 valence electrons. The van der Waals surface area contributed by atoms with Crippen molar-refractivity contribution in [2.75, 3.05) is 32.8 Å². The predicted octanol–water partition coefficient (Wildman–Crippen LogP) is 2.85. The van der Waals surface area contributed by atoms with Crippen LogP contribution >= 0.6 is 0 Å². The number of benzene rings is 1. The Labute approximate surface area is 140 Å². The first kappa shape index (κ1) is 18.2. The second-order valence-corrected chi connectivity index (χ2v) is 6.57. The number of aryl methyl sites for hydroxylation is 2. The van der Waals surface area contributed by atoms with E-state index in [1.807, 2.05) is 13.8 Å². The summed E-state index contributed by atoms with van der Waals surface area (Å²) in [6.07, 6.45) is 2.04. The third-order valence-corrected chi connectivity index (χ3v) is 4.70. The lowest BCUT2D eigenvalue weighted by atomic mass is 10.1. The van der Waals surface area contributed by atoms with E-state index in [9.17, 15) is 5.11 Å². The van der Waals surface area contributed by atoms with E-state index in [1.165, 1.54) is 5.56 Å². The minimum atomic E-state index is -0.460. The fourth-order valence-corrected chi connectivity index (χ4v) is 3.17. The second kappa shape index (κ2) is 8.67. The summed E-state index contributed by atoms with van der Waals surface area (Å²) in [5.41, 5.74) is 3.51. The van der Waals surface area contributed by atoms with Crippen LogP contribution in [0.2, 0.25) is 0 Å². The molecule has 4 nitrogen and oxygen atoms in total. The molecule has 0 bridgehead atoms. The summed E-state index contributed by atoms with van der Waals surface area (Å²) in [5.74, 6) is 0.916. The lowest BCUT2D eigenvalue weighted by Crippen LogP contribution is -2.42. The molecular weight excluding hydrogens is 290 g/mol. The van der Waals surface area contributed by atoms with Crippen molar-refractivity contribution in [2.24, 2.45) is 0 Å². The smallest absolute Gasteiger partial charge is 0.125 e. The van der Waals surface area contributed by atoms with Gasteiger partial charge in [0.1, 0.15) is 18.5 Å². The van der Waals surface area contributed by atoms with Crippen LogP contribution < -0.4 is 4.74 Å². The third kappa shape index (κ3) is 5.20. The predicted molar refractivity (Wildman–Crippen MR) is 93.2 cm³/mol. The largest absolute Gasteiger partial charge is 0.490 e. The van der Waals surface area contributed by atoms with Crippen molar-refractivity contribution in [3.63, 3.8) is 0 Å². The van der Waals surface area contributed by atoms with Crippen molar-refractivity contribution in [3.05, 3.63) is 28.8 Å². The molecule has 0 aliphatic carbocycles. The number of piperidine rings is 1. The highest BCUT2D eigenvalue weighted by atomic mass is 16.5. The van der Waals surface area contributed by atoms with Gasteiger partial charge in [0.25, 0.3) is 0 Å². The summed E-state index contributed by atoms with van der Waals surface area (Å²) in [6, 6.07) is 4.18. The topological polar surface area (TPSA) is 41.9 Å². The van der Waals surface area contributed by atoms with Crippen molar-refractivity contribution in [1.29, 1.82) is 0 Å². The van der Waals surface area contributed by atoms with Crippen LogP contribution in [0, 0.1) is 20.8 Å². The number of rotatable bonds is 7. The van der Waals surface area contributed by atoms with Crippen LogP contribution in [0.1, 0.15) is 36.5 Å². The molecule has 2 rings (SSSR count). The maximum atomic E-state index is 10.3. The first-order valence-electron chi connectivity index (χ1n) is 8.72. The second-order valence-electron chi connectivity index (χ2n) is 6.57. The average Bonchev–Trinajstić information content (AvgIpc) is 2.53. The molecule has 0 saturated carbocycles. The quantitative estimate of drug-likeness (QED) is 0.838. The number of aliphatic hydroxyl groups excluding tert-OH is 1. The molecule has 0 amide bonds. The first-order chi connectivity index (χ1) is 11.0. The molecule has 0 spiro atoms. The number of hydrogen-bond donors (Lipinski definition) is 1. The molecular formula is C19H31NO3. The van der Waals surface area contributed by atoms with Crippen LogP contribution in [-0.4, -0.2) is 55.1 Å². The summed E-state index contributed by atoms with van der Waals surface area (Å²) in [6.45, 7) is 12.0. The maximum absolute atomic E-state index is 10.3. The Morgan fingerprint density at radius 3 is 2.48 bits per heavy atom. The standard InChI is InChI=1S/C19H31NO3/c1-5-22-18-8-10-20(11-9-18)12-17(21)13-23-19-15(3)7-6-14(2)16(19)4/h6-7,17-18,21H,5,8-13H2,1-4H3. The van der Waals surface area contributed by atoms with Crippen molar-refractivity contribution < 1.29 is 14.6 Å². The van der Waals surface area contributed by atoms with Crippen LogP contribution in [0.25, 0.3) is 0 Å².